The Morgan fingerprint density at radius 3 is 1.58 bits per heavy atom. The van der Waals surface area contributed by atoms with Gasteiger partial charge in [0.05, 0.1) is 25.4 Å². The normalized spacial score (nSPS) is 22.0. The molecule has 53 heavy (non-hydrogen) atoms. The lowest BCUT2D eigenvalue weighted by Crippen LogP contribution is -2.60. The van der Waals surface area contributed by atoms with Gasteiger partial charge in [-0.3, -0.25) is 4.79 Å². The van der Waals surface area contributed by atoms with Crippen molar-refractivity contribution in [2.45, 2.75) is 224 Å². The van der Waals surface area contributed by atoms with E-state index in [1.165, 1.54) is 116 Å². The summed E-state index contributed by atoms with van der Waals surface area (Å²) in [6.45, 7) is 3.73. The molecule has 1 heterocycles. The molecule has 0 aromatic heterocycles. The molecule has 9 heteroatoms. The van der Waals surface area contributed by atoms with Crippen molar-refractivity contribution in [2.24, 2.45) is 0 Å². The molecule has 310 valence electrons. The lowest BCUT2D eigenvalue weighted by Gasteiger charge is -2.40. The fourth-order valence-corrected chi connectivity index (χ4v) is 6.66. The minimum atomic E-state index is -1.57. The fraction of sp³-hybridized carbons (Fsp3) is 0.841. The van der Waals surface area contributed by atoms with E-state index in [2.05, 4.69) is 43.5 Å². The third kappa shape index (κ3) is 26.0. The van der Waals surface area contributed by atoms with Crippen LogP contribution in [-0.4, -0.2) is 87.5 Å². The fourth-order valence-electron chi connectivity index (χ4n) is 6.66. The van der Waals surface area contributed by atoms with Gasteiger partial charge in [0.25, 0.3) is 0 Å². The number of ether oxygens (including phenoxy) is 2. The molecule has 0 aromatic carbocycles. The SMILES string of the molecule is CCCCCCCCC/C=C/CC/C=C/CC/C=C/C(O)C(COC1OC(CO)C(O)C(O)C1O)NC(=O)CCCCCCCCCCCCCCC. The van der Waals surface area contributed by atoms with Crippen LogP contribution in [0.15, 0.2) is 36.5 Å². The van der Waals surface area contributed by atoms with Crippen molar-refractivity contribution in [2.75, 3.05) is 13.2 Å². The highest BCUT2D eigenvalue weighted by Crippen LogP contribution is 2.22. The van der Waals surface area contributed by atoms with E-state index >= 15 is 0 Å². The number of hydrogen-bond acceptors (Lipinski definition) is 8. The van der Waals surface area contributed by atoms with Gasteiger partial charge in [0, 0.05) is 6.42 Å². The number of carbonyl (C=O) groups excluding carboxylic acids is 1. The summed E-state index contributed by atoms with van der Waals surface area (Å²) in [6, 6.07) is -0.823. The van der Waals surface area contributed by atoms with E-state index in [9.17, 15) is 30.3 Å². The molecule has 1 amide bonds. The summed E-state index contributed by atoms with van der Waals surface area (Å²) in [7, 11) is 0. The van der Waals surface area contributed by atoms with E-state index in [1.54, 1.807) is 6.08 Å². The van der Waals surface area contributed by atoms with Crippen LogP contribution in [0, 0.1) is 0 Å². The maximum Gasteiger partial charge on any atom is 0.220 e. The number of nitrogens with one attached hydrogen (secondary N) is 1. The second-order valence-electron chi connectivity index (χ2n) is 15.1. The Morgan fingerprint density at radius 1 is 0.623 bits per heavy atom. The quantitative estimate of drug-likeness (QED) is 0.0279. The minimum absolute atomic E-state index is 0.192. The summed E-state index contributed by atoms with van der Waals surface area (Å²) in [5, 5.41) is 54.0. The third-order valence-electron chi connectivity index (χ3n) is 10.2. The minimum Gasteiger partial charge on any atom is -0.394 e. The second-order valence-corrected chi connectivity index (χ2v) is 15.1. The standard InChI is InChI=1S/C44H81NO8/c1-3-5-7-9-11-13-15-17-18-19-20-22-23-25-27-29-31-33-38(47)37(36-52-44-43(51)42(50)41(49)39(35-46)53-44)45-40(48)34-32-30-28-26-24-21-16-14-12-10-8-6-4-2/h18-19,23,25,31,33,37-39,41-44,46-47,49-51H,3-17,20-22,24,26-30,32,34-36H2,1-2H3,(H,45,48)/b19-18+,25-23+,33-31+. The molecule has 1 aliphatic heterocycles. The zero-order chi connectivity index (χ0) is 38.8. The van der Waals surface area contributed by atoms with E-state index in [4.69, 9.17) is 9.47 Å². The molecule has 0 aliphatic carbocycles. The zero-order valence-corrected chi connectivity index (χ0v) is 33.8. The van der Waals surface area contributed by atoms with Crippen LogP contribution in [0.1, 0.15) is 181 Å². The van der Waals surface area contributed by atoms with Crippen molar-refractivity contribution in [3.05, 3.63) is 36.5 Å². The zero-order valence-electron chi connectivity index (χ0n) is 33.8. The van der Waals surface area contributed by atoms with Gasteiger partial charge in [-0.25, -0.2) is 0 Å². The lowest BCUT2D eigenvalue weighted by molar-refractivity contribution is -0.302. The van der Waals surface area contributed by atoms with Crippen molar-refractivity contribution in [1.82, 2.24) is 5.32 Å². The highest BCUT2D eigenvalue weighted by atomic mass is 16.7. The molecular formula is C44H81NO8. The Balaban J connectivity index is 2.44. The molecule has 1 fully saturated rings. The van der Waals surface area contributed by atoms with Gasteiger partial charge in [0.1, 0.15) is 24.4 Å². The van der Waals surface area contributed by atoms with Gasteiger partial charge in [-0.1, -0.05) is 166 Å². The first-order valence-electron chi connectivity index (χ1n) is 21.7. The molecule has 0 radical (unpaired) electrons. The number of unbranched alkanes of at least 4 members (excludes halogenated alkanes) is 21. The molecule has 0 bridgehead atoms. The van der Waals surface area contributed by atoms with Crippen LogP contribution in [0.25, 0.3) is 0 Å². The number of aliphatic hydroxyl groups is 5. The van der Waals surface area contributed by atoms with E-state index in [0.717, 1.165) is 44.9 Å². The summed E-state index contributed by atoms with van der Waals surface area (Å²) in [5.74, 6) is -0.192. The van der Waals surface area contributed by atoms with E-state index in [0.29, 0.717) is 6.42 Å². The molecular weight excluding hydrogens is 670 g/mol. The number of rotatable bonds is 35. The van der Waals surface area contributed by atoms with Crippen molar-refractivity contribution in [1.29, 1.82) is 0 Å². The Morgan fingerprint density at radius 2 is 1.08 bits per heavy atom. The van der Waals surface area contributed by atoms with Crippen LogP contribution in [0.5, 0.6) is 0 Å². The summed E-state index contributed by atoms with van der Waals surface area (Å²) in [6.07, 6.45) is 34.7. The van der Waals surface area contributed by atoms with Crippen molar-refractivity contribution in [3.63, 3.8) is 0 Å². The highest BCUT2D eigenvalue weighted by molar-refractivity contribution is 5.76. The van der Waals surface area contributed by atoms with Gasteiger partial charge >= 0.3 is 0 Å². The van der Waals surface area contributed by atoms with Crippen molar-refractivity contribution >= 4 is 5.91 Å². The molecule has 7 atom stereocenters. The average molecular weight is 752 g/mol. The van der Waals surface area contributed by atoms with Crippen LogP contribution in [-0.2, 0) is 14.3 Å². The number of allylic oxidation sites excluding steroid dienone is 5. The van der Waals surface area contributed by atoms with Gasteiger partial charge in [-0.05, 0) is 44.9 Å². The molecule has 1 rings (SSSR count). The van der Waals surface area contributed by atoms with Gasteiger partial charge in [-0.15, -0.1) is 0 Å². The number of hydrogen-bond donors (Lipinski definition) is 6. The third-order valence-corrected chi connectivity index (χ3v) is 10.2. The Bertz CT molecular complexity index is 925. The summed E-state index contributed by atoms with van der Waals surface area (Å²) < 4.78 is 11.2. The van der Waals surface area contributed by atoms with Crippen LogP contribution in [0.3, 0.4) is 0 Å². The summed E-state index contributed by atoms with van der Waals surface area (Å²) in [5.41, 5.74) is 0. The highest BCUT2D eigenvalue weighted by Gasteiger charge is 2.44. The van der Waals surface area contributed by atoms with Crippen LogP contribution >= 0.6 is 0 Å². The average Bonchev–Trinajstić information content (AvgIpc) is 3.16. The van der Waals surface area contributed by atoms with Gasteiger partial charge in [0.2, 0.25) is 5.91 Å². The molecule has 9 nitrogen and oxygen atoms in total. The largest absolute Gasteiger partial charge is 0.394 e. The lowest BCUT2D eigenvalue weighted by atomic mass is 9.99. The second kappa shape index (κ2) is 34.9. The van der Waals surface area contributed by atoms with Gasteiger partial charge < -0.3 is 40.3 Å². The molecule has 0 aromatic rings. The first kappa shape index (κ1) is 49.4. The maximum atomic E-state index is 12.9. The van der Waals surface area contributed by atoms with Crippen LogP contribution in [0.4, 0.5) is 0 Å². The molecule has 1 saturated heterocycles. The monoisotopic (exact) mass is 752 g/mol. The molecule has 1 aliphatic rings. The van der Waals surface area contributed by atoms with E-state index < -0.39 is 49.5 Å². The van der Waals surface area contributed by atoms with Crippen LogP contribution in [0.2, 0.25) is 0 Å². The Labute approximate surface area is 323 Å². The van der Waals surface area contributed by atoms with E-state index in [1.807, 2.05) is 6.08 Å². The number of carbonyl (C=O) groups is 1. The number of amides is 1. The first-order chi connectivity index (χ1) is 25.8. The topological polar surface area (TPSA) is 149 Å². The molecule has 0 spiro atoms. The summed E-state index contributed by atoms with van der Waals surface area (Å²) in [4.78, 5) is 12.9. The van der Waals surface area contributed by atoms with Gasteiger partial charge in [0.15, 0.2) is 6.29 Å². The number of aliphatic hydroxyl groups excluding tert-OH is 5. The maximum absolute atomic E-state index is 12.9. The predicted molar refractivity (Wildman–Crippen MR) is 216 cm³/mol. The Hall–Kier alpha value is -1.59. The Kier molecular flexibility index (Phi) is 32.5. The molecule has 7 unspecified atom stereocenters. The summed E-state index contributed by atoms with van der Waals surface area (Å²) >= 11 is 0. The predicted octanol–water partition coefficient (Wildman–Crippen LogP) is 8.50. The van der Waals surface area contributed by atoms with Crippen LogP contribution < -0.4 is 5.32 Å². The van der Waals surface area contributed by atoms with Crippen molar-refractivity contribution in [3.8, 4) is 0 Å². The first-order valence-corrected chi connectivity index (χ1v) is 21.7. The van der Waals surface area contributed by atoms with Gasteiger partial charge in [-0.2, -0.15) is 0 Å². The molecule has 6 N–H and O–H groups in total. The van der Waals surface area contributed by atoms with E-state index in [-0.39, 0.29) is 12.5 Å². The van der Waals surface area contributed by atoms with Crippen molar-refractivity contribution < 1.29 is 39.8 Å². The smallest absolute Gasteiger partial charge is 0.220 e. The molecule has 0 saturated carbocycles.